The molecule has 0 aromatic heterocycles. The Morgan fingerprint density at radius 1 is 1.00 bits per heavy atom. The van der Waals surface area contributed by atoms with Crippen LogP contribution in [0.4, 0.5) is 0 Å². The highest BCUT2D eigenvalue weighted by Crippen LogP contribution is 2.22. The molecule has 3 rings (SSSR count). The van der Waals surface area contributed by atoms with Crippen molar-refractivity contribution in [3.63, 3.8) is 0 Å². The van der Waals surface area contributed by atoms with E-state index in [0.29, 0.717) is 11.6 Å². The summed E-state index contributed by atoms with van der Waals surface area (Å²) in [4.78, 5) is 17.0. The number of benzene rings is 2. The minimum absolute atomic E-state index is 0.0499. The predicted octanol–water partition coefficient (Wildman–Crippen LogP) is 3.34. The zero-order chi connectivity index (χ0) is 18.4. The van der Waals surface area contributed by atoms with E-state index in [1.165, 1.54) is 5.56 Å². The van der Waals surface area contributed by atoms with Crippen LogP contribution in [0.5, 0.6) is 0 Å². The molecule has 0 aliphatic carbocycles. The third-order valence-electron chi connectivity index (χ3n) is 4.83. The molecule has 1 aliphatic rings. The van der Waals surface area contributed by atoms with Gasteiger partial charge in [-0.05, 0) is 24.1 Å². The summed E-state index contributed by atoms with van der Waals surface area (Å²) < 4.78 is 0. The van der Waals surface area contributed by atoms with Gasteiger partial charge in [0, 0.05) is 37.7 Å². The van der Waals surface area contributed by atoms with Gasteiger partial charge in [-0.25, -0.2) is 0 Å². The SMILES string of the molecule is CC(NC(=O)CN1CCN(Cc2ccccc2)CC1)c1ccccc1Cl. The van der Waals surface area contributed by atoms with E-state index in [4.69, 9.17) is 11.6 Å². The van der Waals surface area contributed by atoms with Crippen LogP contribution >= 0.6 is 11.6 Å². The van der Waals surface area contributed by atoms with Gasteiger partial charge in [-0.3, -0.25) is 14.6 Å². The number of carbonyl (C=O) groups is 1. The van der Waals surface area contributed by atoms with Gasteiger partial charge in [-0.15, -0.1) is 0 Å². The topological polar surface area (TPSA) is 35.6 Å². The molecule has 0 radical (unpaired) electrons. The Morgan fingerprint density at radius 2 is 1.62 bits per heavy atom. The van der Waals surface area contributed by atoms with Crippen molar-refractivity contribution < 1.29 is 4.79 Å². The molecule has 2 aromatic rings. The summed E-state index contributed by atoms with van der Waals surface area (Å²) in [5.41, 5.74) is 2.29. The number of piperazine rings is 1. The first-order chi connectivity index (χ1) is 12.6. The largest absolute Gasteiger partial charge is 0.348 e. The molecular formula is C21H26ClN3O. The van der Waals surface area contributed by atoms with E-state index in [1.54, 1.807) is 0 Å². The van der Waals surface area contributed by atoms with Crippen LogP contribution in [0.25, 0.3) is 0 Å². The van der Waals surface area contributed by atoms with Gasteiger partial charge in [-0.2, -0.15) is 0 Å². The average Bonchev–Trinajstić information content (AvgIpc) is 2.64. The van der Waals surface area contributed by atoms with Gasteiger partial charge in [0.1, 0.15) is 0 Å². The Balaban J connectivity index is 1.43. The van der Waals surface area contributed by atoms with Crippen LogP contribution in [-0.2, 0) is 11.3 Å². The van der Waals surface area contributed by atoms with Crippen molar-refractivity contribution in [2.45, 2.75) is 19.5 Å². The maximum Gasteiger partial charge on any atom is 0.234 e. The zero-order valence-corrected chi connectivity index (χ0v) is 16.0. The highest BCUT2D eigenvalue weighted by atomic mass is 35.5. The number of carbonyl (C=O) groups excluding carboxylic acids is 1. The summed E-state index contributed by atoms with van der Waals surface area (Å²) in [5.74, 6) is 0.0499. The standard InChI is InChI=1S/C21H26ClN3O/c1-17(19-9-5-6-10-20(19)22)23-21(26)16-25-13-11-24(12-14-25)15-18-7-3-2-4-8-18/h2-10,17H,11-16H2,1H3,(H,23,26). The van der Waals surface area contributed by atoms with Crippen molar-refractivity contribution in [1.29, 1.82) is 0 Å². The van der Waals surface area contributed by atoms with Gasteiger partial charge in [0.25, 0.3) is 0 Å². The van der Waals surface area contributed by atoms with Crippen LogP contribution in [0.1, 0.15) is 24.1 Å². The summed E-state index contributed by atoms with van der Waals surface area (Å²) in [7, 11) is 0. The minimum Gasteiger partial charge on any atom is -0.348 e. The Bertz CT molecular complexity index is 714. The number of nitrogens with one attached hydrogen (secondary N) is 1. The van der Waals surface area contributed by atoms with Crippen molar-refractivity contribution in [3.05, 3.63) is 70.7 Å². The number of rotatable bonds is 6. The molecule has 2 aromatic carbocycles. The molecule has 4 nitrogen and oxygen atoms in total. The quantitative estimate of drug-likeness (QED) is 0.846. The van der Waals surface area contributed by atoms with E-state index in [1.807, 2.05) is 37.3 Å². The van der Waals surface area contributed by atoms with Crippen LogP contribution in [0.15, 0.2) is 54.6 Å². The van der Waals surface area contributed by atoms with Crippen LogP contribution in [0, 0.1) is 0 Å². The van der Waals surface area contributed by atoms with Gasteiger partial charge in [0.05, 0.1) is 12.6 Å². The summed E-state index contributed by atoms with van der Waals surface area (Å²) in [6.45, 7) is 7.20. The first kappa shape index (κ1) is 18.9. The number of hydrogen-bond donors (Lipinski definition) is 1. The summed E-state index contributed by atoms with van der Waals surface area (Å²) in [6, 6.07) is 18.1. The maximum absolute atomic E-state index is 12.4. The molecule has 0 saturated carbocycles. The van der Waals surface area contributed by atoms with Gasteiger partial charge in [0.2, 0.25) is 5.91 Å². The van der Waals surface area contributed by atoms with Gasteiger partial charge < -0.3 is 5.32 Å². The van der Waals surface area contributed by atoms with E-state index >= 15 is 0 Å². The highest BCUT2D eigenvalue weighted by molar-refractivity contribution is 6.31. The van der Waals surface area contributed by atoms with Gasteiger partial charge in [0.15, 0.2) is 0 Å². The molecule has 5 heteroatoms. The van der Waals surface area contributed by atoms with E-state index in [2.05, 4.69) is 39.4 Å². The second kappa shape index (κ2) is 9.17. The molecule has 1 amide bonds. The lowest BCUT2D eigenvalue weighted by molar-refractivity contribution is -0.123. The molecule has 1 heterocycles. The van der Waals surface area contributed by atoms with E-state index in [-0.39, 0.29) is 11.9 Å². The highest BCUT2D eigenvalue weighted by Gasteiger charge is 2.20. The number of halogens is 1. The monoisotopic (exact) mass is 371 g/mol. The molecule has 1 unspecified atom stereocenters. The van der Waals surface area contributed by atoms with Crippen molar-refractivity contribution >= 4 is 17.5 Å². The number of nitrogens with zero attached hydrogens (tertiary/aromatic N) is 2. The van der Waals surface area contributed by atoms with E-state index in [0.717, 1.165) is 38.3 Å². The van der Waals surface area contributed by atoms with E-state index in [9.17, 15) is 4.79 Å². The van der Waals surface area contributed by atoms with Crippen molar-refractivity contribution in [2.75, 3.05) is 32.7 Å². The van der Waals surface area contributed by atoms with Crippen molar-refractivity contribution in [2.24, 2.45) is 0 Å². The number of hydrogen-bond acceptors (Lipinski definition) is 3. The van der Waals surface area contributed by atoms with Crippen LogP contribution in [0.3, 0.4) is 0 Å². The lowest BCUT2D eigenvalue weighted by atomic mass is 10.1. The van der Waals surface area contributed by atoms with Crippen molar-refractivity contribution in [3.8, 4) is 0 Å². The molecule has 1 aliphatic heterocycles. The molecular weight excluding hydrogens is 346 g/mol. The molecule has 1 saturated heterocycles. The maximum atomic E-state index is 12.4. The first-order valence-electron chi connectivity index (χ1n) is 9.14. The summed E-state index contributed by atoms with van der Waals surface area (Å²) >= 11 is 6.21. The minimum atomic E-state index is -0.0874. The van der Waals surface area contributed by atoms with Crippen LogP contribution < -0.4 is 5.32 Å². The smallest absolute Gasteiger partial charge is 0.234 e. The second-order valence-corrected chi connectivity index (χ2v) is 7.26. The fourth-order valence-electron chi connectivity index (χ4n) is 3.34. The summed E-state index contributed by atoms with van der Waals surface area (Å²) in [6.07, 6.45) is 0. The van der Waals surface area contributed by atoms with Gasteiger partial charge in [-0.1, -0.05) is 60.1 Å². The van der Waals surface area contributed by atoms with Gasteiger partial charge >= 0.3 is 0 Å². The molecule has 138 valence electrons. The average molecular weight is 372 g/mol. The fraction of sp³-hybridized carbons (Fsp3) is 0.381. The third kappa shape index (κ3) is 5.31. The lowest BCUT2D eigenvalue weighted by Gasteiger charge is -2.34. The fourth-order valence-corrected chi connectivity index (χ4v) is 3.64. The molecule has 0 spiro atoms. The molecule has 1 atom stereocenters. The first-order valence-corrected chi connectivity index (χ1v) is 9.52. The van der Waals surface area contributed by atoms with Crippen LogP contribution in [0.2, 0.25) is 5.02 Å². The Hall–Kier alpha value is -1.88. The predicted molar refractivity (Wildman–Crippen MR) is 106 cm³/mol. The Kier molecular flexibility index (Phi) is 6.67. The second-order valence-electron chi connectivity index (χ2n) is 6.85. The van der Waals surface area contributed by atoms with Crippen molar-refractivity contribution in [1.82, 2.24) is 15.1 Å². The Morgan fingerprint density at radius 3 is 2.31 bits per heavy atom. The van der Waals surface area contributed by atoms with Crippen LogP contribution in [-0.4, -0.2) is 48.4 Å². The summed E-state index contributed by atoms with van der Waals surface area (Å²) in [5, 5.41) is 3.75. The molecule has 1 fully saturated rings. The lowest BCUT2D eigenvalue weighted by Crippen LogP contribution is -2.49. The van der Waals surface area contributed by atoms with E-state index < -0.39 is 0 Å². The normalized spacial score (nSPS) is 17.0. The molecule has 26 heavy (non-hydrogen) atoms. The molecule has 1 N–H and O–H groups in total. The zero-order valence-electron chi connectivity index (χ0n) is 15.2. The Labute approximate surface area is 160 Å². The number of amides is 1. The third-order valence-corrected chi connectivity index (χ3v) is 5.17. The molecule has 0 bridgehead atoms.